The highest BCUT2D eigenvalue weighted by molar-refractivity contribution is 7.33. The van der Waals surface area contributed by atoms with Crippen LogP contribution in [0.25, 0.3) is 10.4 Å². The molecule has 1 aliphatic carbocycles. The topological polar surface area (TPSA) is 220 Å². The van der Waals surface area contributed by atoms with Gasteiger partial charge in [-0.25, -0.2) is 0 Å². The number of ether oxygens (including phenoxy) is 11. The minimum Gasteiger partial charge on any atom is -0.462 e. The monoisotopic (exact) mass is 1530 g/mol. The molecular formula is C90H125N3O16P+. The van der Waals surface area contributed by atoms with Crippen LogP contribution in [0.1, 0.15) is 227 Å². The molecule has 6 aromatic carbocycles. The number of hydrogen-bond donors (Lipinski definition) is 0. The first kappa shape index (κ1) is 88.8. The number of carbonyl (C=O) groups is 2. The number of carbonyl (C=O) groups excluding carboxylic acids is 2. The van der Waals surface area contributed by atoms with Crippen molar-refractivity contribution in [2.75, 3.05) is 26.9 Å². The summed E-state index contributed by atoms with van der Waals surface area (Å²) in [5.74, 6) is -0.923. The first-order chi connectivity index (χ1) is 54.2. The number of azide groups is 1. The van der Waals surface area contributed by atoms with E-state index >= 15 is 4.57 Å². The van der Waals surface area contributed by atoms with Gasteiger partial charge in [0.25, 0.3) is 0 Å². The maximum Gasteiger partial charge on any atom is 0.698 e. The lowest BCUT2D eigenvalue weighted by atomic mass is 9.83. The van der Waals surface area contributed by atoms with Crippen LogP contribution in [0.4, 0.5) is 0 Å². The van der Waals surface area contributed by atoms with E-state index < -0.39 is 100 Å². The Balaban J connectivity index is 1.09. The largest absolute Gasteiger partial charge is 0.698 e. The van der Waals surface area contributed by atoms with Crippen LogP contribution >= 0.6 is 8.25 Å². The lowest BCUT2D eigenvalue weighted by Crippen LogP contribution is -2.69. The number of unbranched alkanes of at least 4 members (excludes halogenated alkanes) is 24. The Bertz CT molecular complexity index is 3410. The SMILES string of the molecule is CCCCCCCCCCCCCCCC(=O)OC[C@H](CO[P+](=O)O[C@@H]1[C@H](OC)[C@H](OCc2ccccc2)[C@@H](OCc2ccccc2)[C@H](OCc2ccccc2)[C@H]1O[C@H]1O[C@H](COCc2ccccc2)[C@@H](OCc2ccccc2)[C@H](OCc2ccccc2)[C@H]1N=[N+]=[N-])OC(=O)CCCCCCCCCCCCCCC. The number of rotatable bonds is 59. The molecule has 8 rings (SSSR count). The van der Waals surface area contributed by atoms with E-state index in [1.54, 1.807) is 0 Å². The maximum atomic E-state index is 15.3. The highest BCUT2D eigenvalue weighted by atomic mass is 31.1. The number of methoxy groups -OCH3 is 1. The van der Waals surface area contributed by atoms with Crippen molar-refractivity contribution < 1.29 is 75.3 Å². The van der Waals surface area contributed by atoms with E-state index in [9.17, 15) is 15.1 Å². The van der Waals surface area contributed by atoms with Crippen LogP contribution in [0.5, 0.6) is 0 Å². The van der Waals surface area contributed by atoms with Gasteiger partial charge in [0.2, 0.25) is 0 Å². The molecule has 0 amide bonds. The van der Waals surface area contributed by atoms with Crippen molar-refractivity contribution in [3.63, 3.8) is 0 Å². The summed E-state index contributed by atoms with van der Waals surface area (Å²) in [6, 6.07) is 56.8. The molecule has 0 spiro atoms. The van der Waals surface area contributed by atoms with Gasteiger partial charge in [-0.15, -0.1) is 9.05 Å². The zero-order chi connectivity index (χ0) is 77.1. The molecule has 600 valence electrons. The molecule has 6 aromatic rings. The Labute approximate surface area is 656 Å². The Morgan fingerprint density at radius 3 is 1.15 bits per heavy atom. The summed E-state index contributed by atoms with van der Waals surface area (Å²) < 4.78 is 103. The van der Waals surface area contributed by atoms with Crippen molar-refractivity contribution >= 4 is 20.2 Å². The zero-order valence-electron chi connectivity index (χ0n) is 65.7. The molecule has 2 fully saturated rings. The fraction of sp³-hybridized carbons (Fsp3) is 0.578. The summed E-state index contributed by atoms with van der Waals surface area (Å²) in [7, 11) is -1.74. The molecule has 1 aliphatic heterocycles. The summed E-state index contributed by atoms with van der Waals surface area (Å²) in [5.41, 5.74) is 15.9. The summed E-state index contributed by atoms with van der Waals surface area (Å²) in [6.07, 6.45) is 17.6. The fourth-order valence-corrected chi connectivity index (χ4v) is 15.1. The molecule has 13 atom stereocenters. The molecule has 0 aromatic heterocycles. The molecule has 2 aliphatic rings. The van der Waals surface area contributed by atoms with E-state index in [-0.39, 0.29) is 65.7 Å². The van der Waals surface area contributed by atoms with Crippen LogP contribution in [0.2, 0.25) is 0 Å². The number of nitrogens with zero attached hydrogens (tertiary/aromatic N) is 3. The lowest BCUT2D eigenvalue weighted by Gasteiger charge is -2.50. The third kappa shape index (κ3) is 33.9. The number of hydrogen-bond acceptors (Lipinski definition) is 17. The summed E-state index contributed by atoms with van der Waals surface area (Å²) in [4.78, 5) is 30.8. The fourth-order valence-electron chi connectivity index (χ4n) is 14.3. The molecular weight excluding hydrogens is 1410 g/mol. The van der Waals surface area contributed by atoms with E-state index in [4.69, 9.17) is 61.2 Å². The van der Waals surface area contributed by atoms with Gasteiger partial charge in [-0.05, 0) is 51.8 Å². The van der Waals surface area contributed by atoms with Gasteiger partial charge >= 0.3 is 20.2 Å². The smallest absolute Gasteiger partial charge is 0.462 e. The molecule has 0 radical (unpaired) electrons. The van der Waals surface area contributed by atoms with Gasteiger partial charge in [-0.1, -0.05) is 355 Å². The molecule has 1 saturated heterocycles. The molecule has 19 nitrogen and oxygen atoms in total. The van der Waals surface area contributed by atoms with Gasteiger partial charge in [-0.3, -0.25) is 9.59 Å². The average molecular weight is 1540 g/mol. The third-order valence-corrected chi connectivity index (χ3v) is 21.2. The van der Waals surface area contributed by atoms with Gasteiger partial charge in [0.05, 0.1) is 46.2 Å². The minimum absolute atomic E-state index is 0.0128. The number of esters is 2. The predicted octanol–water partition coefficient (Wildman–Crippen LogP) is 21.4. The normalized spacial score (nSPS) is 20.9. The maximum absolute atomic E-state index is 15.3. The predicted molar refractivity (Wildman–Crippen MR) is 428 cm³/mol. The Morgan fingerprint density at radius 2 is 0.764 bits per heavy atom. The number of benzene rings is 6. The minimum atomic E-state index is -3.24. The van der Waals surface area contributed by atoms with E-state index in [1.807, 2.05) is 182 Å². The summed E-state index contributed by atoms with van der Waals surface area (Å²) >= 11 is 0. The van der Waals surface area contributed by atoms with Crippen molar-refractivity contribution in [2.24, 2.45) is 5.11 Å². The molecule has 20 heteroatoms. The lowest BCUT2D eigenvalue weighted by molar-refractivity contribution is -0.334. The standard InChI is InChI=1S/C90H125N3O16P/c1-4-6-8-10-12-14-16-18-20-22-24-26-46-60-79(94)99-68-77(106-80(95)61-47-27-25-23-21-19-17-15-13-11-9-7-5-2)69-105-110(96)109-89-84(97-3)85(102-65-74-54-40-31-41-55-74)86(103-66-75-56-42-32-43-57-75)87(104-67-76-58-44-33-45-59-76)88(89)108-90-81(92-93-91)83(101-64-73-52-38-30-39-53-73)82(100-63-72-50-36-29-37-51-72)78(107-90)70-98-62-71-48-34-28-35-49-71/h28-45,48-59,77-78,81-90H,4-27,46-47,60-70H2,1-3H3/q+1/t77-,78-,81-,82-,83-,84-,85+,86-,87+,88-,89-,90-/m1/s1. The van der Waals surface area contributed by atoms with Gasteiger partial charge < -0.3 is 52.1 Å². The van der Waals surface area contributed by atoms with Crippen molar-refractivity contribution in [3.05, 3.63) is 226 Å². The Hall–Kier alpha value is -6.77. The molecule has 0 N–H and O–H groups in total. The van der Waals surface area contributed by atoms with Gasteiger partial charge in [0.1, 0.15) is 68.1 Å². The van der Waals surface area contributed by atoms with Crippen LogP contribution in [0.3, 0.4) is 0 Å². The summed E-state index contributed by atoms with van der Waals surface area (Å²) in [5, 5.41) is 4.47. The molecule has 1 heterocycles. The molecule has 1 unspecified atom stereocenters. The summed E-state index contributed by atoms with van der Waals surface area (Å²) in [6.45, 7) is 4.22. The second kappa shape index (κ2) is 54.8. The highest BCUT2D eigenvalue weighted by Gasteiger charge is 2.60. The van der Waals surface area contributed by atoms with Crippen molar-refractivity contribution in [1.82, 2.24) is 0 Å². The quantitative estimate of drug-likeness (QED) is 0.00865. The Kier molecular flexibility index (Phi) is 44.3. The van der Waals surface area contributed by atoms with Crippen molar-refractivity contribution in [2.45, 2.75) is 307 Å². The van der Waals surface area contributed by atoms with Crippen molar-refractivity contribution in [1.29, 1.82) is 0 Å². The third-order valence-electron chi connectivity index (χ3n) is 20.4. The average Bonchev–Trinajstić information content (AvgIpc) is 0.755. The van der Waals surface area contributed by atoms with Gasteiger partial charge in [-0.2, -0.15) is 0 Å². The highest BCUT2D eigenvalue weighted by Crippen LogP contribution is 2.43. The van der Waals surface area contributed by atoms with E-state index in [2.05, 4.69) is 23.9 Å². The van der Waals surface area contributed by atoms with E-state index in [0.29, 0.717) is 12.8 Å². The molecule has 1 saturated carbocycles. The van der Waals surface area contributed by atoms with Gasteiger partial charge in [0, 0.05) is 29.4 Å². The molecule has 110 heavy (non-hydrogen) atoms. The second-order valence-electron chi connectivity index (χ2n) is 29.2. The van der Waals surface area contributed by atoms with Crippen LogP contribution in [-0.2, 0) is 115 Å². The Morgan fingerprint density at radius 1 is 0.418 bits per heavy atom. The first-order valence-electron chi connectivity index (χ1n) is 41.1. The van der Waals surface area contributed by atoms with Gasteiger partial charge in [0.15, 0.2) is 18.5 Å². The van der Waals surface area contributed by atoms with E-state index in [0.717, 1.165) is 71.9 Å². The van der Waals surface area contributed by atoms with E-state index in [1.165, 1.54) is 123 Å². The van der Waals surface area contributed by atoms with Crippen LogP contribution in [-0.4, -0.2) is 112 Å². The van der Waals surface area contributed by atoms with Crippen LogP contribution < -0.4 is 0 Å². The second-order valence-corrected chi connectivity index (χ2v) is 30.1. The van der Waals surface area contributed by atoms with Crippen LogP contribution in [0.15, 0.2) is 187 Å². The first-order valence-corrected chi connectivity index (χ1v) is 42.2. The van der Waals surface area contributed by atoms with Crippen LogP contribution in [0, 0.1) is 0 Å². The van der Waals surface area contributed by atoms with Crippen molar-refractivity contribution in [3.8, 4) is 0 Å². The molecule has 0 bridgehead atoms. The zero-order valence-corrected chi connectivity index (χ0v) is 66.6.